The van der Waals surface area contributed by atoms with Crippen molar-refractivity contribution in [2.75, 3.05) is 18.5 Å². The van der Waals surface area contributed by atoms with E-state index >= 15 is 0 Å². The summed E-state index contributed by atoms with van der Waals surface area (Å²) in [7, 11) is 1.97. The molecule has 0 saturated heterocycles. The number of likely N-dealkylation sites (N-methyl/N-ethyl adjacent to an activating group) is 1. The Hall–Kier alpha value is -2.43. The number of hydrogen-bond acceptors (Lipinski definition) is 4. The summed E-state index contributed by atoms with van der Waals surface area (Å²) < 4.78 is 0. The van der Waals surface area contributed by atoms with Crippen LogP contribution in [0.25, 0.3) is 0 Å². The second kappa shape index (κ2) is 5.16. The van der Waals surface area contributed by atoms with Crippen LogP contribution in [-0.4, -0.2) is 34.6 Å². The lowest BCUT2D eigenvalue weighted by molar-refractivity contribution is 0.0690. The third kappa shape index (κ3) is 2.72. The van der Waals surface area contributed by atoms with Gasteiger partial charge in [-0.25, -0.2) is 14.8 Å². The lowest BCUT2D eigenvalue weighted by atomic mass is 9.95. The van der Waals surface area contributed by atoms with Crippen LogP contribution in [0.2, 0.25) is 0 Å². The van der Waals surface area contributed by atoms with Crippen molar-refractivity contribution in [1.82, 2.24) is 9.97 Å². The van der Waals surface area contributed by atoms with Crippen molar-refractivity contribution >= 4 is 11.8 Å². The molecule has 0 bridgehead atoms. The Balaban J connectivity index is 1.74. The number of aromatic nitrogens is 2. The van der Waals surface area contributed by atoms with E-state index in [0.29, 0.717) is 5.82 Å². The maximum Gasteiger partial charge on any atom is 0.356 e. The van der Waals surface area contributed by atoms with E-state index in [4.69, 9.17) is 5.11 Å². The molecule has 1 aromatic heterocycles. The molecule has 0 aliphatic heterocycles. The van der Waals surface area contributed by atoms with Crippen LogP contribution in [0.1, 0.15) is 28.9 Å². The zero-order valence-corrected chi connectivity index (χ0v) is 11.9. The number of hydrogen-bond donors (Lipinski definition) is 1. The first kappa shape index (κ1) is 13.5. The molecule has 3 rings (SSSR count). The number of anilines is 1. The highest BCUT2D eigenvalue weighted by molar-refractivity contribution is 5.84. The Labute approximate surface area is 123 Å². The molecular formula is C16H17N3O2. The maximum absolute atomic E-state index is 10.8. The minimum atomic E-state index is -1.06. The quantitative estimate of drug-likeness (QED) is 0.912. The first-order valence-corrected chi connectivity index (χ1v) is 6.93. The Morgan fingerprint density at radius 2 is 1.95 bits per heavy atom. The summed E-state index contributed by atoms with van der Waals surface area (Å²) in [6.45, 7) is 0.859. The molecule has 1 aromatic carbocycles. The minimum absolute atomic E-state index is 0.0312. The summed E-state index contributed by atoms with van der Waals surface area (Å²) in [5.41, 5.74) is 1.52. The van der Waals surface area contributed by atoms with Gasteiger partial charge in [0.2, 0.25) is 0 Å². The van der Waals surface area contributed by atoms with Crippen molar-refractivity contribution in [1.29, 1.82) is 0 Å². The first-order valence-electron chi connectivity index (χ1n) is 6.93. The van der Waals surface area contributed by atoms with Gasteiger partial charge in [0.1, 0.15) is 5.82 Å². The van der Waals surface area contributed by atoms with Gasteiger partial charge in [0.15, 0.2) is 5.69 Å². The Morgan fingerprint density at radius 1 is 1.24 bits per heavy atom. The lowest BCUT2D eigenvalue weighted by Gasteiger charge is -2.24. The second-order valence-electron chi connectivity index (χ2n) is 5.57. The largest absolute Gasteiger partial charge is 0.476 e. The van der Waals surface area contributed by atoms with Crippen molar-refractivity contribution in [3.05, 3.63) is 54.0 Å². The van der Waals surface area contributed by atoms with Gasteiger partial charge in [-0.3, -0.25) is 0 Å². The van der Waals surface area contributed by atoms with E-state index in [9.17, 15) is 4.79 Å². The summed E-state index contributed by atoms with van der Waals surface area (Å²) in [4.78, 5) is 20.9. The summed E-state index contributed by atoms with van der Waals surface area (Å²) >= 11 is 0. The van der Waals surface area contributed by atoms with Crippen LogP contribution in [0, 0.1) is 0 Å². The number of aromatic carboxylic acids is 1. The predicted octanol–water partition coefficient (Wildman–Crippen LogP) is 2.34. The fourth-order valence-electron chi connectivity index (χ4n) is 2.64. The molecule has 5 nitrogen and oxygen atoms in total. The molecule has 0 spiro atoms. The Kier molecular flexibility index (Phi) is 3.33. The van der Waals surface area contributed by atoms with Gasteiger partial charge in [0.25, 0.3) is 0 Å². The summed E-state index contributed by atoms with van der Waals surface area (Å²) in [5, 5.41) is 8.84. The smallest absolute Gasteiger partial charge is 0.356 e. The zero-order chi connectivity index (χ0) is 14.9. The third-order valence-corrected chi connectivity index (χ3v) is 4.03. The highest BCUT2D eigenvalue weighted by Crippen LogP contribution is 2.48. The van der Waals surface area contributed by atoms with E-state index in [1.165, 1.54) is 30.8 Å². The number of carbonyl (C=O) groups is 1. The van der Waals surface area contributed by atoms with Crippen LogP contribution < -0.4 is 4.90 Å². The molecule has 1 N–H and O–H groups in total. The van der Waals surface area contributed by atoms with Gasteiger partial charge in [-0.15, -0.1) is 0 Å². The van der Waals surface area contributed by atoms with E-state index in [1.54, 1.807) is 0 Å². The SMILES string of the molecule is CN(CC1(c2ccccc2)CC1)c1cnc(C(=O)O)cn1. The number of benzene rings is 1. The highest BCUT2D eigenvalue weighted by atomic mass is 16.4. The molecule has 5 heteroatoms. The molecule has 1 aliphatic carbocycles. The standard InChI is InChI=1S/C16H17N3O2/c1-19(14-10-17-13(9-18-14)15(20)21)11-16(7-8-16)12-5-3-2-4-6-12/h2-6,9-10H,7-8,11H2,1H3,(H,20,21). The van der Waals surface area contributed by atoms with Gasteiger partial charge in [0.05, 0.1) is 12.4 Å². The molecule has 0 radical (unpaired) electrons. The molecule has 0 amide bonds. The molecule has 108 valence electrons. The maximum atomic E-state index is 10.8. The molecule has 1 aliphatic rings. The van der Waals surface area contributed by atoms with Gasteiger partial charge in [0, 0.05) is 19.0 Å². The van der Waals surface area contributed by atoms with Gasteiger partial charge in [-0.05, 0) is 18.4 Å². The van der Waals surface area contributed by atoms with Crippen LogP contribution >= 0.6 is 0 Å². The minimum Gasteiger partial charge on any atom is -0.476 e. The van der Waals surface area contributed by atoms with Crippen LogP contribution in [0.5, 0.6) is 0 Å². The molecule has 1 saturated carbocycles. The number of carboxylic acid groups (broad SMARTS) is 1. The molecular weight excluding hydrogens is 266 g/mol. The average molecular weight is 283 g/mol. The van der Waals surface area contributed by atoms with Crippen LogP contribution in [-0.2, 0) is 5.41 Å². The normalized spacial score (nSPS) is 15.5. The molecule has 2 aromatic rings. The molecule has 1 heterocycles. The predicted molar refractivity (Wildman–Crippen MR) is 79.6 cm³/mol. The number of nitrogens with zero attached hydrogens (tertiary/aromatic N) is 3. The molecule has 21 heavy (non-hydrogen) atoms. The van der Waals surface area contributed by atoms with E-state index in [-0.39, 0.29) is 11.1 Å². The van der Waals surface area contributed by atoms with Crippen LogP contribution in [0.15, 0.2) is 42.7 Å². The van der Waals surface area contributed by atoms with Crippen molar-refractivity contribution in [2.24, 2.45) is 0 Å². The molecule has 0 unspecified atom stereocenters. The van der Waals surface area contributed by atoms with Gasteiger partial charge >= 0.3 is 5.97 Å². The highest BCUT2D eigenvalue weighted by Gasteiger charge is 2.45. The Bertz CT molecular complexity index is 636. The van der Waals surface area contributed by atoms with E-state index in [0.717, 1.165) is 6.54 Å². The fourth-order valence-corrected chi connectivity index (χ4v) is 2.64. The first-order chi connectivity index (χ1) is 10.1. The van der Waals surface area contributed by atoms with Gasteiger partial charge < -0.3 is 10.0 Å². The number of carboxylic acids is 1. The van der Waals surface area contributed by atoms with Crippen molar-refractivity contribution in [2.45, 2.75) is 18.3 Å². The van der Waals surface area contributed by atoms with Crippen molar-refractivity contribution < 1.29 is 9.90 Å². The van der Waals surface area contributed by atoms with E-state index in [2.05, 4.69) is 34.2 Å². The average Bonchev–Trinajstić information content (AvgIpc) is 3.29. The monoisotopic (exact) mass is 283 g/mol. The van der Waals surface area contributed by atoms with Crippen molar-refractivity contribution in [3.8, 4) is 0 Å². The number of rotatable bonds is 5. The van der Waals surface area contributed by atoms with E-state index in [1.807, 2.05) is 18.0 Å². The summed E-state index contributed by atoms with van der Waals surface area (Å²) in [6, 6.07) is 10.5. The second-order valence-corrected chi connectivity index (χ2v) is 5.57. The topological polar surface area (TPSA) is 66.3 Å². The van der Waals surface area contributed by atoms with Crippen LogP contribution in [0.3, 0.4) is 0 Å². The summed E-state index contributed by atoms with van der Waals surface area (Å²) in [5.74, 6) is -0.359. The van der Waals surface area contributed by atoms with Gasteiger partial charge in [-0.2, -0.15) is 0 Å². The van der Waals surface area contributed by atoms with Crippen molar-refractivity contribution in [3.63, 3.8) is 0 Å². The lowest BCUT2D eigenvalue weighted by Crippen LogP contribution is -2.30. The third-order valence-electron chi connectivity index (χ3n) is 4.03. The van der Waals surface area contributed by atoms with Gasteiger partial charge in [-0.1, -0.05) is 30.3 Å². The fraction of sp³-hybridized carbons (Fsp3) is 0.312. The molecule has 0 atom stereocenters. The Morgan fingerprint density at radius 3 is 2.48 bits per heavy atom. The van der Waals surface area contributed by atoms with E-state index < -0.39 is 5.97 Å². The summed E-state index contributed by atoms with van der Waals surface area (Å²) in [6.07, 6.45) is 5.16. The zero-order valence-electron chi connectivity index (χ0n) is 11.9. The molecule has 1 fully saturated rings. The van der Waals surface area contributed by atoms with Crippen LogP contribution in [0.4, 0.5) is 5.82 Å².